The lowest BCUT2D eigenvalue weighted by Crippen LogP contribution is -2.13. The molecular weight excluding hydrogens is 260 g/mol. The molecule has 1 aliphatic rings. The Morgan fingerprint density at radius 3 is 2.24 bits per heavy atom. The molecule has 0 bridgehead atoms. The van der Waals surface area contributed by atoms with E-state index in [1.165, 1.54) is 50.1 Å². The fourth-order valence-corrected chi connectivity index (χ4v) is 3.31. The topological polar surface area (TPSA) is 46.0 Å². The monoisotopic (exact) mass is 282 g/mol. The van der Waals surface area contributed by atoms with Crippen LogP contribution in [0.25, 0.3) is 11.4 Å². The first-order valence-electron chi connectivity index (χ1n) is 7.85. The summed E-state index contributed by atoms with van der Waals surface area (Å²) < 4.78 is 0. The van der Waals surface area contributed by atoms with Crippen molar-refractivity contribution in [1.82, 2.24) is 9.97 Å². The average Bonchev–Trinajstić information content (AvgIpc) is 2.56. The fraction of sp³-hybridized carbons (Fsp3) is 0.444. The van der Waals surface area contributed by atoms with Crippen LogP contribution in [0.5, 0.6) is 5.75 Å². The van der Waals surface area contributed by atoms with Crippen LogP contribution >= 0.6 is 0 Å². The van der Waals surface area contributed by atoms with Gasteiger partial charge in [0, 0.05) is 5.56 Å². The Balaban J connectivity index is 1.75. The fourth-order valence-electron chi connectivity index (χ4n) is 3.31. The predicted molar refractivity (Wildman–Crippen MR) is 84.1 cm³/mol. The zero-order valence-electron chi connectivity index (χ0n) is 12.5. The van der Waals surface area contributed by atoms with Gasteiger partial charge < -0.3 is 5.11 Å². The highest BCUT2D eigenvalue weighted by atomic mass is 16.3. The number of hydrogen-bond acceptors (Lipinski definition) is 3. The first-order chi connectivity index (χ1) is 10.2. The van der Waals surface area contributed by atoms with Gasteiger partial charge in [0.15, 0.2) is 11.6 Å². The van der Waals surface area contributed by atoms with Crippen molar-refractivity contribution in [3.8, 4) is 17.1 Å². The summed E-state index contributed by atoms with van der Waals surface area (Å²) in [5.74, 6) is 2.21. The molecule has 1 unspecified atom stereocenters. The van der Waals surface area contributed by atoms with Gasteiger partial charge in [-0.1, -0.05) is 50.5 Å². The maximum atomic E-state index is 9.24. The molecule has 0 amide bonds. The number of rotatable bonds is 3. The highest BCUT2D eigenvalue weighted by molar-refractivity contribution is 5.55. The zero-order chi connectivity index (χ0) is 14.7. The molecule has 3 heteroatoms. The number of aromatic hydroxyl groups is 1. The lowest BCUT2D eigenvalue weighted by Gasteiger charge is -2.28. The Hall–Kier alpha value is -1.90. The molecule has 0 radical (unpaired) electrons. The molecule has 1 aliphatic carbocycles. The molecule has 3 nitrogen and oxygen atoms in total. The van der Waals surface area contributed by atoms with E-state index in [1.54, 1.807) is 0 Å². The second-order valence-electron chi connectivity index (χ2n) is 6.07. The third-order valence-corrected chi connectivity index (χ3v) is 4.69. The maximum Gasteiger partial charge on any atom is 0.159 e. The van der Waals surface area contributed by atoms with Crippen LogP contribution in [0, 0.1) is 5.92 Å². The highest BCUT2D eigenvalue weighted by Crippen LogP contribution is 2.36. The molecule has 0 aliphatic heterocycles. The van der Waals surface area contributed by atoms with E-state index in [9.17, 15) is 5.11 Å². The van der Waals surface area contributed by atoms with E-state index in [-0.39, 0.29) is 5.75 Å². The van der Waals surface area contributed by atoms with Gasteiger partial charge in [0.05, 0.1) is 12.4 Å². The van der Waals surface area contributed by atoms with Gasteiger partial charge in [0.25, 0.3) is 0 Å². The average molecular weight is 282 g/mol. The van der Waals surface area contributed by atoms with Gasteiger partial charge in [-0.3, -0.25) is 0 Å². The molecule has 1 aromatic carbocycles. The van der Waals surface area contributed by atoms with Gasteiger partial charge in [0.1, 0.15) is 0 Å². The van der Waals surface area contributed by atoms with E-state index in [0.29, 0.717) is 11.7 Å². The second-order valence-corrected chi connectivity index (χ2v) is 6.07. The molecule has 3 rings (SSSR count). The van der Waals surface area contributed by atoms with Crippen LogP contribution in [0.2, 0.25) is 0 Å². The predicted octanol–water partition coefficient (Wildman–Crippen LogP) is 4.53. The van der Waals surface area contributed by atoms with Crippen LogP contribution in [0.1, 0.15) is 50.5 Å². The molecule has 21 heavy (non-hydrogen) atoms. The van der Waals surface area contributed by atoms with E-state index in [4.69, 9.17) is 0 Å². The second kappa shape index (κ2) is 6.25. The van der Waals surface area contributed by atoms with Gasteiger partial charge in [-0.05, 0) is 30.2 Å². The Morgan fingerprint density at radius 1 is 1.00 bits per heavy atom. The number of nitrogens with zero attached hydrogens (tertiary/aromatic N) is 2. The standard InChI is InChI=1S/C18H22N2O/c1-13(14-5-3-2-4-6-14)15-7-9-16(10-8-15)18-19-11-17(21)12-20-18/h7-14,21H,2-6H2,1H3. The van der Waals surface area contributed by atoms with E-state index >= 15 is 0 Å². The molecule has 1 saturated carbocycles. The van der Waals surface area contributed by atoms with E-state index in [0.717, 1.165) is 11.5 Å². The van der Waals surface area contributed by atoms with Crippen LogP contribution in [0.4, 0.5) is 0 Å². The molecule has 2 aromatic rings. The van der Waals surface area contributed by atoms with Crippen molar-refractivity contribution >= 4 is 0 Å². The maximum absolute atomic E-state index is 9.24. The lowest BCUT2D eigenvalue weighted by atomic mass is 9.78. The van der Waals surface area contributed by atoms with Gasteiger partial charge in [0.2, 0.25) is 0 Å². The first kappa shape index (κ1) is 14.1. The van der Waals surface area contributed by atoms with E-state index < -0.39 is 0 Å². The summed E-state index contributed by atoms with van der Waals surface area (Å²) >= 11 is 0. The Bertz CT molecular complexity index is 571. The normalized spacial score (nSPS) is 17.6. The molecule has 1 aromatic heterocycles. The summed E-state index contributed by atoms with van der Waals surface area (Å²) in [5, 5.41) is 9.24. The van der Waals surface area contributed by atoms with E-state index in [2.05, 4.69) is 41.2 Å². The lowest BCUT2D eigenvalue weighted by molar-refractivity contribution is 0.316. The quantitative estimate of drug-likeness (QED) is 0.899. The first-order valence-corrected chi connectivity index (χ1v) is 7.85. The minimum absolute atomic E-state index is 0.0984. The Morgan fingerprint density at radius 2 is 1.62 bits per heavy atom. The number of benzene rings is 1. The smallest absolute Gasteiger partial charge is 0.159 e. The van der Waals surface area contributed by atoms with Crippen LogP contribution in [-0.4, -0.2) is 15.1 Å². The van der Waals surface area contributed by atoms with Gasteiger partial charge in [-0.25, -0.2) is 9.97 Å². The molecule has 1 N–H and O–H groups in total. The minimum atomic E-state index is 0.0984. The Labute approximate surface area is 126 Å². The van der Waals surface area contributed by atoms with Crippen LogP contribution in [-0.2, 0) is 0 Å². The van der Waals surface area contributed by atoms with Crippen molar-refractivity contribution in [2.24, 2.45) is 5.92 Å². The van der Waals surface area contributed by atoms with E-state index in [1.807, 2.05) is 0 Å². The van der Waals surface area contributed by atoms with Crippen molar-refractivity contribution < 1.29 is 5.11 Å². The summed E-state index contributed by atoms with van der Waals surface area (Å²) in [6.07, 6.45) is 9.76. The summed E-state index contributed by atoms with van der Waals surface area (Å²) in [6, 6.07) is 8.57. The third-order valence-electron chi connectivity index (χ3n) is 4.69. The number of aromatic nitrogens is 2. The Kier molecular flexibility index (Phi) is 4.18. The van der Waals surface area contributed by atoms with Crippen molar-refractivity contribution in [3.63, 3.8) is 0 Å². The molecule has 1 fully saturated rings. The summed E-state index contributed by atoms with van der Waals surface area (Å²) in [7, 11) is 0. The third kappa shape index (κ3) is 3.23. The zero-order valence-corrected chi connectivity index (χ0v) is 12.5. The molecular formula is C18H22N2O. The van der Waals surface area contributed by atoms with Gasteiger partial charge >= 0.3 is 0 Å². The summed E-state index contributed by atoms with van der Waals surface area (Å²) in [6.45, 7) is 2.35. The summed E-state index contributed by atoms with van der Waals surface area (Å²) in [5.41, 5.74) is 2.40. The van der Waals surface area contributed by atoms with Crippen molar-refractivity contribution in [1.29, 1.82) is 0 Å². The number of hydrogen-bond donors (Lipinski definition) is 1. The molecule has 110 valence electrons. The highest BCUT2D eigenvalue weighted by Gasteiger charge is 2.21. The van der Waals surface area contributed by atoms with Crippen molar-refractivity contribution in [2.45, 2.75) is 44.9 Å². The van der Waals surface area contributed by atoms with Crippen molar-refractivity contribution in [3.05, 3.63) is 42.2 Å². The SMILES string of the molecule is CC(c1ccc(-c2ncc(O)cn2)cc1)C1CCCCC1. The molecule has 0 spiro atoms. The minimum Gasteiger partial charge on any atom is -0.505 e. The van der Waals surface area contributed by atoms with Crippen LogP contribution in [0.15, 0.2) is 36.7 Å². The van der Waals surface area contributed by atoms with Crippen LogP contribution in [0.3, 0.4) is 0 Å². The largest absolute Gasteiger partial charge is 0.505 e. The molecule has 1 heterocycles. The van der Waals surface area contributed by atoms with Crippen molar-refractivity contribution in [2.75, 3.05) is 0 Å². The summed E-state index contributed by atoms with van der Waals surface area (Å²) in [4.78, 5) is 8.30. The van der Waals surface area contributed by atoms with Gasteiger partial charge in [-0.15, -0.1) is 0 Å². The molecule has 0 saturated heterocycles. The van der Waals surface area contributed by atoms with Crippen LogP contribution < -0.4 is 0 Å². The molecule has 1 atom stereocenters. The van der Waals surface area contributed by atoms with Gasteiger partial charge in [-0.2, -0.15) is 0 Å².